The van der Waals surface area contributed by atoms with Crippen LogP contribution < -0.4 is 5.32 Å². The Labute approximate surface area is 119 Å². The molecule has 7 nitrogen and oxygen atoms in total. The number of pyridine rings is 1. The first kappa shape index (κ1) is 12.0. The third-order valence-corrected chi connectivity index (χ3v) is 4.16. The Morgan fingerprint density at radius 3 is 2.95 bits per heavy atom. The number of carboxylic acid groups (broad SMARTS) is 1. The van der Waals surface area contributed by atoms with E-state index in [0.29, 0.717) is 18.7 Å². The Bertz CT molecular complexity index is 805. The number of carboxylic acids is 1. The van der Waals surface area contributed by atoms with E-state index in [2.05, 4.69) is 20.3 Å². The fourth-order valence-electron chi connectivity index (χ4n) is 3.12. The summed E-state index contributed by atoms with van der Waals surface area (Å²) in [5.74, 6) is -0.625. The first-order valence-corrected chi connectivity index (χ1v) is 6.43. The highest BCUT2D eigenvalue weighted by molar-refractivity contribution is 6.06. The molecule has 2 aromatic rings. The average molecular weight is 282 g/mol. The third-order valence-electron chi connectivity index (χ3n) is 4.16. The summed E-state index contributed by atoms with van der Waals surface area (Å²) in [4.78, 5) is 35.7. The van der Waals surface area contributed by atoms with Crippen LogP contribution in [0.2, 0.25) is 0 Å². The molecule has 7 heteroatoms. The molecule has 4 rings (SSSR count). The van der Waals surface area contributed by atoms with E-state index in [4.69, 9.17) is 5.11 Å². The first-order valence-electron chi connectivity index (χ1n) is 6.43. The lowest BCUT2D eigenvalue weighted by atomic mass is 9.80. The van der Waals surface area contributed by atoms with Crippen LogP contribution in [-0.4, -0.2) is 31.9 Å². The van der Waals surface area contributed by atoms with Gasteiger partial charge < -0.3 is 10.4 Å². The van der Waals surface area contributed by atoms with Crippen LogP contribution in [0.15, 0.2) is 24.8 Å². The molecule has 21 heavy (non-hydrogen) atoms. The molecule has 104 valence electrons. The van der Waals surface area contributed by atoms with Crippen LogP contribution in [0.1, 0.15) is 27.2 Å². The predicted octanol–water partition coefficient (Wildman–Crippen LogP) is 0.558. The van der Waals surface area contributed by atoms with Crippen molar-refractivity contribution >= 4 is 17.7 Å². The van der Waals surface area contributed by atoms with E-state index in [9.17, 15) is 9.59 Å². The number of aromatic nitrogens is 3. The number of rotatable bonds is 1. The molecule has 1 spiro atoms. The van der Waals surface area contributed by atoms with Gasteiger partial charge in [0.05, 0.1) is 11.0 Å². The second-order valence-corrected chi connectivity index (χ2v) is 5.31. The molecule has 0 aromatic carbocycles. The fraction of sp³-hybridized carbons (Fsp3) is 0.214. The quantitative estimate of drug-likeness (QED) is 0.791. The molecular weight excluding hydrogens is 272 g/mol. The van der Waals surface area contributed by atoms with Crippen molar-refractivity contribution in [2.45, 2.75) is 18.3 Å². The molecule has 0 bridgehead atoms. The summed E-state index contributed by atoms with van der Waals surface area (Å²) in [7, 11) is 0. The molecule has 0 saturated heterocycles. The van der Waals surface area contributed by atoms with Crippen LogP contribution >= 0.6 is 0 Å². The van der Waals surface area contributed by atoms with Gasteiger partial charge in [0, 0.05) is 30.1 Å². The molecule has 2 aliphatic rings. The number of anilines is 1. The van der Waals surface area contributed by atoms with E-state index in [-0.39, 0.29) is 11.5 Å². The van der Waals surface area contributed by atoms with E-state index < -0.39 is 11.4 Å². The molecule has 0 fully saturated rings. The van der Waals surface area contributed by atoms with Crippen molar-refractivity contribution in [3.63, 3.8) is 0 Å². The van der Waals surface area contributed by atoms with Gasteiger partial charge in [0.25, 0.3) is 0 Å². The molecule has 0 unspecified atom stereocenters. The molecule has 2 aromatic heterocycles. The molecule has 0 radical (unpaired) electrons. The van der Waals surface area contributed by atoms with Crippen molar-refractivity contribution in [3.8, 4) is 0 Å². The van der Waals surface area contributed by atoms with Crippen LogP contribution in [0, 0.1) is 0 Å². The standard InChI is InChI=1S/C14H10N4O3/c19-12(20)8-1-7-2-14(3-10(7)16-4-8)9-5-15-6-17-11(9)18-13(14)21/h1,4-6H,2-3H2,(H,19,20)(H,15,17,18,21)/t14-/m0/s1. The highest BCUT2D eigenvalue weighted by Crippen LogP contribution is 2.45. The summed E-state index contributed by atoms with van der Waals surface area (Å²) < 4.78 is 0. The van der Waals surface area contributed by atoms with Gasteiger partial charge in [-0.1, -0.05) is 0 Å². The van der Waals surface area contributed by atoms with E-state index >= 15 is 0 Å². The van der Waals surface area contributed by atoms with Crippen molar-refractivity contribution in [2.24, 2.45) is 0 Å². The van der Waals surface area contributed by atoms with E-state index in [1.165, 1.54) is 12.5 Å². The highest BCUT2D eigenvalue weighted by atomic mass is 16.4. The lowest BCUT2D eigenvalue weighted by Gasteiger charge is -2.19. The average Bonchev–Trinajstić information content (AvgIpc) is 2.98. The van der Waals surface area contributed by atoms with E-state index in [1.54, 1.807) is 12.3 Å². The number of aromatic carboxylic acids is 1. The number of carbonyl (C=O) groups excluding carboxylic acids is 1. The van der Waals surface area contributed by atoms with Gasteiger partial charge in [-0.15, -0.1) is 0 Å². The normalized spacial score (nSPS) is 22.0. The largest absolute Gasteiger partial charge is 0.478 e. The second-order valence-electron chi connectivity index (χ2n) is 5.31. The smallest absolute Gasteiger partial charge is 0.337 e. The van der Waals surface area contributed by atoms with Crippen molar-refractivity contribution in [1.82, 2.24) is 15.0 Å². The Morgan fingerprint density at radius 2 is 2.14 bits per heavy atom. The summed E-state index contributed by atoms with van der Waals surface area (Å²) in [5, 5.41) is 11.8. The van der Waals surface area contributed by atoms with Gasteiger partial charge >= 0.3 is 5.97 Å². The van der Waals surface area contributed by atoms with Gasteiger partial charge in [-0.05, 0) is 18.1 Å². The lowest BCUT2D eigenvalue weighted by molar-refractivity contribution is -0.120. The topological polar surface area (TPSA) is 105 Å². The highest BCUT2D eigenvalue weighted by Gasteiger charge is 2.52. The molecule has 2 N–H and O–H groups in total. The summed E-state index contributed by atoms with van der Waals surface area (Å²) in [5.41, 5.74) is 1.68. The van der Waals surface area contributed by atoms with Gasteiger partial charge in [0.15, 0.2) is 0 Å². The zero-order valence-corrected chi connectivity index (χ0v) is 10.8. The van der Waals surface area contributed by atoms with Gasteiger partial charge in [0.1, 0.15) is 12.1 Å². The van der Waals surface area contributed by atoms with Crippen LogP contribution in [0.4, 0.5) is 5.82 Å². The number of nitrogens with zero attached hydrogens (tertiary/aromatic N) is 3. The summed E-state index contributed by atoms with van der Waals surface area (Å²) >= 11 is 0. The van der Waals surface area contributed by atoms with Crippen molar-refractivity contribution < 1.29 is 14.7 Å². The van der Waals surface area contributed by atoms with Crippen molar-refractivity contribution in [3.05, 3.63) is 47.2 Å². The van der Waals surface area contributed by atoms with Gasteiger partial charge in [-0.2, -0.15) is 0 Å². The van der Waals surface area contributed by atoms with Gasteiger partial charge in [-0.3, -0.25) is 9.78 Å². The second kappa shape index (κ2) is 3.85. The van der Waals surface area contributed by atoms with Crippen LogP contribution in [0.25, 0.3) is 0 Å². The van der Waals surface area contributed by atoms with Crippen molar-refractivity contribution in [2.75, 3.05) is 5.32 Å². The number of amides is 1. The van der Waals surface area contributed by atoms with Gasteiger partial charge in [0.2, 0.25) is 5.91 Å². The van der Waals surface area contributed by atoms with E-state index in [1.807, 2.05) is 0 Å². The molecule has 1 amide bonds. The molecule has 1 aliphatic carbocycles. The number of nitrogens with one attached hydrogen (secondary N) is 1. The maximum Gasteiger partial charge on any atom is 0.337 e. The number of carbonyl (C=O) groups is 2. The molecule has 1 aliphatic heterocycles. The molecular formula is C14H10N4O3. The summed E-state index contributed by atoms with van der Waals surface area (Å²) in [6.07, 6.45) is 5.22. The minimum Gasteiger partial charge on any atom is -0.478 e. The predicted molar refractivity (Wildman–Crippen MR) is 70.9 cm³/mol. The molecule has 1 atom stereocenters. The maximum absolute atomic E-state index is 12.4. The molecule has 3 heterocycles. The number of hydrogen-bond donors (Lipinski definition) is 2. The molecule has 0 saturated carbocycles. The minimum absolute atomic E-state index is 0.132. The maximum atomic E-state index is 12.4. The SMILES string of the molecule is O=C(O)c1cnc2c(c1)C[C@@]1(C2)C(=O)Nc2ncncc21. The van der Waals surface area contributed by atoms with Crippen LogP contribution in [-0.2, 0) is 23.1 Å². The monoisotopic (exact) mass is 282 g/mol. The van der Waals surface area contributed by atoms with Crippen LogP contribution in [0.3, 0.4) is 0 Å². The minimum atomic E-state index is -1.02. The van der Waals surface area contributed by atoms with E-state index in [0.717, 1.165) is 16.8 Å². The van der Waals surface area contributed by atoms with Crippen LogP contribution in [0.5, 0.6) is 0 Å². The summed E-state index contributed by atoms with van der Waals surface area (Å²) in [6, 6.07) is 1.59. The summed E-state index contributed by atoms with van der Waals surface area (Å²) in [6.45, 7) is 0. The Balaban J connectivity index is 1.83. The zero-order valence-electron chi connectivity index (χ0n) is 10.8. The zero-order chi connectivity index (χ0) is 14.6. The first-order chi connectivity index (χ1) is 10.1. The Kier molecular flexibility index (Phi) is 2.19. The number of fused-ring (bicyclic) bond motifs is 3. The van der Waals surface area contributed by atoms with Crippen molar-refractivity contribution in [1.29, 1.82) is 0 Å². The third kappa shape index (κ3) is 1.51. The lowest BCUT2D eigenvalue weighted by Crippen LogP contribution is -2.35. The van der Waals surface area contributed by atoms with Gasteiger partial charge in [-0.25, -0.2) is 14.8 Å². The number of hydrogen-bond acceptors (Lipinski definition) is 5. The Hall–Kier alpha value is -2.83. The Morgan fingerprint density at radius 1 is 1.29 bits per heavy atom. The fourth-order valence-corrected chi connectivity index (χ4v) is 3.12.